The lowest BCUT2D eigenvalue weighted by molar-refractivity contribution is -0.0265. The number of hydrogen-bond acceptors (Lipinski definition) is 4. The molecule has 0 spiro atoms. The van der Waals surface area contributed by atoms with Gasteiger partial charge in [0.15, 0.2) is 5.96 Å². The number of guanidine groups is 1. The van der Waals surface area contributed by atoms with Gasteiger partial charge in [0.2, 0.25) is 0 Å². The average molecular weight is 484 g/mol. The molecular weight excluding hydrogens is 455 g/mol. The summed E-state index contributed by atoms with van der Waals surface area (Å²) in [5.74, 6) is 1.21. The van der Waals surface area contributed by atoms with Crippen molar-refractivity contribution in [2.75, 3.05) is 19.7 Å². The van der Waals surface area contributed by atoms with Crippen LogP contribution in [0.3, 0.4) is 0 Å². The van der Waals surface area contributed by atoms with Gasteiger partial charge in [-0.15, -0.1) is 24.0 Å². The first-order valence-corrected chi connectivity index (χ1v) is 9.36. The molecule has 0 bridgehead atoms. The molecule has 2 N–H and O–H groups in total. The van der Waals surface area contributed by atoms with E-state index >= 15 is 0 Å². The lowest BCUT2D eigenvalue weighted by atomic mass is 9.89. The second-order valence-corrected chi connectivity index (χ2v) is 6.67. The number of aromatic nitrogens is 1. The third-order valence-electron chi connectivity index (χ3n) is 4.62. The van der Waals surface area contributed by atoms with Crippen LogP contribution in [0.25, 0.3) is 0 Å². The van der Waals surface area contributed by atoms with Crippen molar-refractivity contribution in [3.8, 4) is 0 Å². The highest BCUT2D eigenvalue weighted by atomic mass is 127. The lowest BCUT2D eigenvalue weighted by Crippen LogP contribution is -2.42. The number of halogens is 1. The molecule has 1 fully saturated rings. The molecule has 2 aromatic rings. The fourth-order valence-electron chi connectivity index (χ4n) is 3.23. The topological polar surface area (TPSA) is 71.7 Å². The van der Waals surface area contributed by atoms with Gasteiger partial charge in [0.25, 0.3) is 0 Å². The van der Waals surface area contributed by atoms with Crippen LogP contribution < -0.4 is 10.6 Å². The van der Waals surface area contributed by atoms with Gasteiger partial charge >= 0.3 is 0 Å². The smallest absolute Gasteiger partial charge is 0.191 e. The van der Waals surface area contributed by atoms with E-state index in [1.165, 1.54) is 11.1 Å². The van der Waals surface area contributed by atoms with E-state index < -0.39 is 0 Å². The average Bonchev–Trinajstić information content (AvgIpc) is 3.19. The Bertz CT molecular complexity index is 689. The summed E-state index contributed by atoms with van der Waals surface area (Å²) in [7, 11) is 0. The maximum Gasteiger partial charge on any atom is 0.191 e. The van der Waals surface area contributed by atoms with Crippen LogP contribution in [0.2, 0.25) is 0 Å². The second kappa shape index (κ2) is 11.3. The number of benzene rings is 1. The standard InChI is InChI=1S/C20H28N4O2.HI/c1-3-21-20(23-14-18-10-12-26-24-18)22-13-17-5-4-11-25-19(17)16-8-6-15(2)7-9-16;/h6-10,12,17,19H,3-5,11,13-14H2,1-2H3,(H2,21,22,23);1H. The molecule has 0 radical (unpaired) electrons. The molecule has 1 aromatic heterocycles. The molecule has 1 saturated heterocycles. The molecule has 1 aromatic carbocycles. The second-order valence-electron chi connectivity index (χ2n) is 6.67. The van der Waals surface area contributed by atoms with Crippen molar-refractivity contribution in [1.29, 1.82) is 0 Å². The summed E-state index contributed by atoms with van der Waals surface area (Å²) in [6.45, 7) is 7.13. The van der Waals surface area contributed by atoms with Crippen LogP contribution in [0.4, 0.5) is 0 Å². The Morgan fingerprint density at radius 3 is 2.74 bits per heavy atom. The van der Waals surface area contributed by atoms with E-state index in [2.05, 4.69) is 58.9 Å². The minimum Gasteiger partial charge on any atom is -0.373 e. The van der Waals surface area contributed by atoms with Crippen molar-refractivity contribution >= 4 is 29.9 Å². The third-order valence-corrected chi connectivity index (χ3v) is 4.62. The number of hydrogen-bond donors (Lipinski definition) is 2. The highest BCUT2D eigenvalue weighted by Crippen LogP contribution is 2.33. The van der Waals surface area contributed by atoms with Crippen molar-refractivity contribution in [2.24, 2.45) is 10.9 Å². The predicted octanol–water partition coefficient (Wildman–Crippen LogP) is 3.82. The van der Waals surface area contributed by atoms with Crippen molar-refractivity contribution < 1.29 is 9.26 Å². The Morgan fingerprint density at radius 1 is 1.22 bits per heavy atom. The van der Waals surface area contributed by atoms with Gasteiger partial charge in [-0.1, -0.05) is 35.0 Å². The molecule has 2 heterocycles. The van der Waals surface area contributed by atoms with E-state index in [0.29, 0.717) is 12.5 Å². The Hall–Kier alpha value is -1.61. The zero-order chi connectivity index (χ0) is 18.2. The Labute approximate surface area is 178 Å². The highest BCUT2D eigenvalue weighted by Gasteiger charge is 2.27. The molecule has 1 aliphatic rings. The van der Waals surface area contributed by atoms with Gasteiger partial charge in [-0.05, 0) is 32.3 Å². The van der Waals surface area contributed by atoms with Crippen LogP contribution in [-0.4, -0.2) is 30.8 Å². The summed E-state index contributed by atoms with van der Waals surface area (Å²) >= 11 is 0. The van der Waals surface area contributed by atoms with Gasteiger partial charge in [-0.3, -0.25) is 0 Å². The normalized spacial score (nSPS) is 20.0. The number of nitrogens with zero attached hydrogens (tertiary/aromatic N) is 2. The summed E-state index contributed by atoms with van der Waals surface area (Å²) in [5.41, 5.74) is 3.35. The maximum atomic E-state index is 6.10. The van der Waals surface area contributed by atoms with Crippen LogP contribution in [0.5, 0.6) is 0 Å². The zero-order valence-electron chi connectivity index (χ0n) is 16.0. The van der Waals surface area contributed by atoms with Crippen LogP contribution in [0.15, 0.2) is 46.1 Å². The lowest BCUT2D eigenvalue weighted by Gasteiger charge is -2.32. The summed E-state index contributed by atoms with van der Waals surface area (Å²) in [6, 6.07) is 10.5. The molecule has 0 aliphatic carbocycles. The van der Waals surface area contributed by atoms with Crippen molar-refractivity contribution in [3.63, 3.8) is 0 Å². The van der Waals surface area contributed by atoms with Crippen LogP contribution >= 0.6 is 24.0 Å². The van der Waals surface area contributed by atoms with E-state index in [-0.39, 0.29) is 30.1 Å². The van der Waals surface area contributed by atoms with E-state index in [1.54, 1.807) is 6.26 Å². The molecule has 1 aliphatic heterocycles. The first kappa shape index (κ1) is 21.7. The molecule has 148 valence electrons. The zero-order valence-corrected chi connectivity index (χ0v) is 18.3. The molecule has 0 amide bonds. The van der Waals surface area contributed by atoms with Crippen LogP contribution in [-0.2, 0) is 11.3 Å². The Morgan fingerprint density at radius 2 is 2.04 bits per heavy atom. The molecule has 7 heteroatoms. The van der Waals surface area contributed by atoms with Crippen molar-refractivity contribution in [1.82, 2.24) is 15.8 Å². The van der Waals surface area contributed by atoms with Gasteiger partial charge in [-0.25, -0.2) is 4.99 Å². The third kappa shape index (κ3) is 6.49. The van der Waals surface area contributed by atoms with Gasteiger partial charge < -0.3 is 19.9 Å². The van der Waals surface area contributed by atoms with Crippen LogP contribution in [0.1, 0.15) is 42.7 Å². The highest BCUT2D eigenvalue weighted by molar-refractivity contribution is 14.0. The molecular formula is C20H29IN4O2. The first-order chi connectivity index (χ1) is 12.8. The Balaban J connectivity index is 0.00000261. The SMILES string of the molecule is CCNC(=NCc1ccon1)NCC1CCCOC1c1ccc(C)cc1.I. The van der Waals surface area contributed by atoms with E-state index in [4.69, 9.17) is 9.26 Å². The van der Waals surface area contributed by atoms with Crippen LogP contribution in [0, 0.1) is 12.8 Å². The van der Waals surface area contributed by atoms with Gasteiger partial charge in [0, 0.05) is 31.7 Å². The molecule has 6 nitrogen and oxygen atoms in total. The van der Waals surface area contributed by atoms with Gasteiger partial charge in [0.05, 0.1) is 12.6 Å². The fraction of sp³-hybridized carbons (Fsp3) is 0.500. The van der Waals surface area contributed by atoms with Gasteiger partial charge in [0.1, 0.15) is 12.0 Å². The number of ether oxygens (including phenoxy) is 1. The molecule has 3 rings (SSSR count). The monoisotopic (exact) mass is 484 g/mol. The van der Waals surface area contributed by atoms with E-state index in [1.807, 2.05) is 6.07 Å². The van der Waals surface area contributed by atoms with Crippen molar-refractivity contribution in [2.45, 2.75) is 39.3 Å². The minimum atomic E-state index is 0. The number of rotatable bonds is 6. The quantitative estimate of drug-likeness (QED) is 0.371. The molecule has 2 unspecified atom stereocenters. The van der Waals surface area contributed by atoms with E-state index in [0.717, 1.165) is 44.2 Å². The van der Waals surface area contributed by atoms with Gasteiger partial charge in [-0.2, -0.15) is 0 Å². The molecule has 2 atom stereocenters. The molecule has 0 saturated carbocycles. The van der Waals surface area contributed by atoms with E-state index in [9.17, 15) is 0 Å². The first-order valence-electron chi connectivity index (χ1n) is 9.36. The molecule has 27 heavy (non-hydrogen) atoms. The minimum absolute atomic E-state index is 0. The van der Waals surface area contributed by atoms with Crippen molar-refractivity contribution in [3.05, 3.63) is 53.4 Å². The number of nitrogens with one attached hydrogen (secondary N) is 2. The Kier molecular flexibility index (Phi) is 9.06. The predicted molar refractivity (Wildman–Crippen MR) is 117 cm³/mol. The summed E-state index contributed by atoms with van der Waals surface area (Å²) in [6.07, 6.45) is 3.95. The summed E-state index contributed by atoms with van der Waals surface area (Å²) in [4.78, 5) is 4.58. The maximum absolute atomic E-state index is 6.10. The fourth-order valence-corrected chi connectivity index (χ4v) is 3.23. The summed E-state index contributed by atoms with van der Waals surface area (Å²) < 4.78 is 11.0. The summed E-state index contributed by atoms with van der Waals surface area (Å²) in [5, 5.41) is 10.7. The number of aryl methyl sites for hydroxylation is 1. The largest absolute Gasteiger partial charge is 0.373 e. The number of aliphatic imine (C=N–C) groups is 1.